The van der Waals surface area contributed by atoms with Gasteiger partial charge in [-0.3, -0.25) is 14.7 Å². The van der Waals surface area contributed by atoms with E-state index in [1.807, 2.05) is 12.1 Å². The van der Waals surface area contributed by atoms with Crippen LogP contribution in [0, 0.1) is 0 Å². The number of aromatic nitrogens is 3. The molecular formula is C21H23ClFN5O2. The van der Waals surface area contributed by atoms with Crippen LogP contribution in [0.5, 0.6) is 0 Å². The van der Waals surface area contributed by atoms with Crippen molar-refractivity contribution in [2.75, 3.05) is 18.0 Å². The van der Waals surface area contributed by atoms with Gasteiger partial charge in [0, 0.05) is 11.9 Å². The summed E-state index contributed by atoms with van der Waals surface area (Å²) in [5.74, 6) is 0.526. The standard InChI is InChI=1S/C21H23ClFN5O2/c1-2-18(23)19-12-28(20-25-9-15(22)10-26-20)21(30)27(19)11-17(29)8-16-7-14(5-6-24-16)13-3-4-13/h5-7,9-10,13,18-19H,2-4,8,11-12H2,1H3/t18-,19+/m0/s1. The third-order valence-corrected chi connectivity index (χ3v) is 5.71. The zero-order chi connectivity index (χ0) is 21.3. The largest absolute Gasteiger partial charge is 0.327 e. The Morgan fingerprint density at radius 1 is 1.30 bits per heavy atom. The van der Waals surface area contributed by atoms with Gasteiger partial charge in [-0.15, -0.1) is 0 Å². The molecule has 0 unspecified atom stereocenters. The van der Waals surface area contributed by atoms with Gasteiger partial charge in [0.05, 0.1) is 43.0 Å². The van der Waals surface area contributed by atoms with E-state index in [9.17, 15) is 14.0 Å². The van der Waals surface area contributed by atoms with Crippen molar-refractivity contribution >= 4 is 29.4 Å². The fourth-order valence-electron chi connectivity index (χ4n) is 3.75. The molecule has 30 heavy (non-hydrogen) atoms. The molecule has 2 amide bonds. The predicted molar refractivity (Wildman–Crippen MR) is 110 cm³/mol. The van der Waals surface area contributed by atoms with E-state index in [2.05, 4.69) is 15.0 Å². The Labute approximate surface area is 179 Å². The average molecular weight is 432 g/mol. The predicted octanol–water partition coefficient (Wildman–Crippen LogP) is 3.57. The lowest BCUT2D eigenvalue weighted by Gasteiger charge is -2.24. The van der Waals surface area contributed by atoms with E-state index in [1.165, 1.54) is 40.6 Å². The van der Waals surface area contributed by atoms with Crippen molar-refractivity contribution in [1.29, 1.82) is 0 Å². The molecule has 3 heterocycles. The van der Waals surface area contributed by atoms with Gasteiger partial charge in [0.15, 0.2) is 5.78 Å². The molecule has 1 saturated carbocycles. The lowest BCUT2D eigenvalue weighted by atomic mass is 10.1. The molecule has 0 N–H and O–H groups in total. The number of carbonyl (C=O) groups is 2. The lowest BCUT2D eigenvalue weighted by molar-refractivity contribution is -0.119. The van der Waals surface area contributed by atoms with Gasteiger partial charge in [-0.05, 0) is 42.9 Å². The molecule has 0 radical (unpaired) electrons. The Hall–Kier alpha value is -2.61. The van der Waals surface area contributed by atoms with E-state index in [4.69, 9.17) is 11.6 Å². The number of amides is 2. The van der Waals surface area contributed by atoms with Crippen molar-refractivity contribution in [1.82, 2.24) is 19.9 Å². The Balaban J connectivity index is 1.48. The van der Waals surface area contributed by atoms with Crippen molar-refractivity contribution in [3.8, 4) is 0 Å². The number of carbonyl (C=O) groups excluding carboxylic acids is 2. The van der Waals surface area contributed by atoms with Crippen LogP contribution in [0.1, 0.15) is 43.4 Å². The minimum absolute atomic E-state index is 0.0815. The third-order valence-electron chi connectivity index (χ3n) is 5.52. The minimum Gasteiger partial charge on any atom is -0.309 e. The second-order valence-electron chi connectivity index (χ2n) is 7.78. The molecule has 1 aliphatic carbocycles. The van der Waals surface area contributed by atoms with Gasteiger partial charge in [0.25, 0.3) is 0 Å². The number of Topliss-reactive ketones (excluding diaryl/α,β-unsaturated/α-hetero) is 1. The molecule has 1 aliphatic heterocycles. The summed E-state index contributed by atoms with van der Waals surface area (Å²) < 4.78 is 14.6. The summed E-state index contributed by atoms with van der Waals surface area (Å²) in [6, 6.07) is 2.71. The topological polar surface area (TPSA) is 79.3 Å². The van der Waals surface area contributed by atoms with E-state index in [0.29, 0.717) is 16.6 Å². The lowest BCUT2D eigenvalue weighted by Crippen LogP contribution is -2.43. The Kier molecular flexibility index (Phi) is 5.94. The molecule has 7 nitrogen and oxygen atoms in total. The van der Waals surface area contributed by atoms with Crippen molar-refractivity contribution in [3.63, 3.8) is 0 Å². The number of pyridine rings is 1. The summed E-state index contributed by atoms with van der Waals surface area (Å²) in [7, 11) is 0. The SMILES string of the molecule is CC[C@H](F)[C@H]1CN(c2ncc(Cl)cn2)C(=O)N1CC(=O)Cc1cc(C2CC2)ccn1. The van der Waals surface area contributed by atoms with Crippen LogP contribution >= 0.6 is 11.6 Å². The van der Waals surface area contributed by atoms with E-state index in [0.717, 1.165) is 0 Å². The smallest absolute Gasteiger partial charge is 0.309 e. The first-order valence-corrected chi connectivity index (χ1v) is 10.5. The quantitative estimate of drug-likeness (QED) is 0.638. The maximum atomic E-state index is 14.6. The van der Waals surface area contributed by atoms with Crippen LogP contribution < -0.4 is 4.90 Å². The number of hydrogen-bond acceptors (Lipinski definition) is 5. The van der Waals surface area contributed by atoms with Crippen molar-refractivity contribution in [2.24, 2.45) is 0 Å². The second-order valence-corrected chi connectivity index (χ2v) is 8.22. The summed E-state index contributed by atoms with van der Waals surface area (Å²) in [6.45, 7) is 1.62. The van der Waals surface area contributed by atoms with Crippen molar-refractivity contribution < 1.29 is 14.0 Å². The fraction of sp³-hybridized carbons (Fsp3) is 0.476. The molecule has 9 heteroatoms. The Morgan fingerprint density at radius 3 is 2.70 bits per heavy atom. The van der Waals surface area contributed by atoms with E-state index in [-0.39, 0.29) is 37.7 Å². The third kappa shape index (κ3) is 4.43. The molecule has 1 saturated heterocycles. The number of urea groups is 1. The van der Waals surface area contributed by atoms with Gasteiger partial charge >= 0.3 is 6.03 Å². The van der Waals surface area contributed by atoms with Gasteiger partial charge < -0.3 is 4.90 Å². The number of hydrogen-bond donors (Lipinski definition) is 0. The minimum atomic E-state index is -1.25. The highest BCUT2D eigenvalue weighted by atomic mass is 35.5. The number of nitrogens with zero attached hydrogens (tertiary/aromatic N) is 5. The van der Waals surface area contributed by atoms with Gasteiger partial charge in [0.2, 0.25) is 5.95 Å². The zero-order valence-electron chi connectivity index (χ0n) is 16.7. The molecule has 2 aromatic heterocycles. The first kappa shape index (κ1) is 20.7. The maximum Gasteiger partial charge on any atom is 0.327 e. The number of halogens is 2. The summed E-state index contributed by atoms with van der Waals surface area (Å²) in [4.78, 5) is 40.7. The molecule has 158 valence electrons. The summed E-state index contributed by atoms with van der Waals surface area (Å²) in [5.41, 5.74) is 1.88. The molecule has 0 bridgehead atoms. The Morgan fingerprint density at radius 2 is 2.03 bits per heavy atom. The van der Waals surface area contributed by atoms with E-state index in [1.54, 1.807) is 13.1 Å². The summed E-state index contributed by atoms with van der Waals surface area (Å²) in [6.07, 6.45) is 5.90. The maximum absolute atomic E-state index is 14.6. The fourth-order valence-corrected chi connectivity index (χ4v) is 3.85. The van der Waals surface area contributed by atoms with Crippen molar-refractivity contribution in [3.05, 3.63) is 47.0 Å². The van der Waals surface area contributed by atoms with Gasteiger partial charge in [0.1, 0.15) is 6.17 Å². The van der Waals surface area contributed by atoms with Crippen molar-refractivity contribution in [2.45, 2.75) is 50.7 Å². The highest BCUT2D eigenvalue weighted by Gasteiger charge is 2.43. The molecule has 2 fully saturated rings. The number of rotatable bonds is 8. The molecule has 0 aromatic carbocycles. The first-order valence-electron chi connectivity index (χ1n) is 10.1. The highest BCUT2D eigenvalue weighted by molar-refractivity contribution is 6.30. The average Bonchev–Trinajstić information content (AvgIpc) is 3.54. The van der Waals surface area contributed by atoms with Gasteiger partial charge in [-0.1, -0.05) is 18.5 Å². The van der Waals surface area contributed by atoms with Crippen LogP contribution in [0.4, 0.5) is 15.1 Å². The molecular weight excluding hydrogens is 409 g/mol. The van der Waals surface area contributed by atoms with E-state index < -0.39 is 18.2 Å². The van der Waals surface area contributed by atoms with Crippen LogP contribution in [0.3, 0.4) is 0 Å². The second kappa shape index (κ2) is 8.63. The Bertz CT molecular complexity index is 937. The van der Waals surface area contributed by atoms with Gasteiger partial charge in [-0.2, -0.15) is 0 Å². The van der Waals surface area contributed by atoms with Crippen LogP contribution in [-0.2, 0) is 11.2 Å². The first-order chi connectivity index (χ1) is 14.5. The van der Waals surface area contributed by atoms with E-state index >= 15 is 0 Å². The molecule has 2 atom stereocenters. The normalized spacial score (nSPS) is 20.0. The number of alkyl halides is 1. The highest BCUT2D eigenvalue weighted by Crippen LogP contribution is 2.39. The van der Waals surface area contributed by atoms with Crippen LogP contribution in [0.15, 0.2) is 30.7 Å². The molecule has 0 spiro atoms. The summed E-state index contributed by atoms with van der Waals surface area (Å²) >= 11 is 5.82. The molecule has 2 aromatic rings. The molecule has 4 rings (SSSR count). The number of anilines is 1. The van der Waals surface area contributed by atoms with Crippen LogP contribution in [0.2, 0.25) is 5.02 Å². The summed E-state index contributed by atoms with van der Waals surface area (Å²) in [5, 5.41) is 0.340. The number of ketones is 1. The van der Waals surface area contributed by atoms with Gasteiger partial charge in [-0.25, -0.2) is 19.2 Å². The monoisotopic (exact) mass is 431 g/mol. The molecule has 2 aliphatic rings. The van der Waals surface area contributed by atoms with Crippen LogP contribution in [0.25, 0.3) is 0 Å². The zero-order valence-corrected chi connectivity index (χ0v) is 17.4. The van der Waals surface area contributed by atoms with Crippen LogP contribution in [-0.4, -0.2) is 57.0 Å².